The van der Waals surface area contributed by atoms with Crippen LogP contribution in [-0.2, 0) is 22.9 Å². The van der Waals surface area contributed by atoms with Crippen LogP contribution in [-0.4, -0.2) is 44.6 Å². The summed E-state index contributed by atoms with van der Waals surface area (Å²) < 4.78 is 39.1. The summed E-state index contributed by atoms with van der Waals surface area (Å²) in [4.78, 5) is 8.31. The molecule has 1 unspecified atom stereocenters. The van der Waals surface area contributed by atoms with Gasteiger partial charge in [-0.1, -0.05) is 60.7 Å². The first-order chi connectivity index (χ1) is 18.3. The molecule has 0 aliphatic carbocycles. The molecule has 0 radical (unpaired) electrons. The smallest absolute Gasteiger partial charge is 0.385 e. The third-order valence-corrected chi connectivity index (χ3v) is 8.50. The number of aliphatic hydroxyl groups is 1. The SMILES string of the molecule is C[C@@]1(O)C[C@@H](COP2(=O)OC[C@@H](c3ccccc3)[C@@H](c3ccccc3)O2)O[C@H]1n1ccc2c(N)ncnc21. The Labute approximate surface area is 219 Å². The number of anilines is 1. The highest BCUT2D eigenvalue weighted by Crippen LogP contribution is 2.60. The van der Waals surface area contributed by atoms with E-state index < -0.39 is 31.9 Å². The maximum Gasteiger partial charge on any atom is 0.475 e. The van der Waals surface area contributed by atoms with Crippen molar-refractivity contribution in [1.29, 1.82) is 0 Å². The van der Waals surface area contributed by atoms with Gasteiger partial charge < -0.3 is 20.1 Å². The lowest BCUT2D eigenvalue weighted by atomic mass is 9.90. The first-order valence-electron chi connectivity index (χ1n) is 12.5. The Bertz CT molecular complexity index is 1460. The first kappa shape index (κ1) is 25.2. The van der Waals surface area contributed by atoms with E-state index in [1.165, 1.54) is 6.33 Å². The molecule has 0 amide bonds. The summed E-state index contributed by atoms with van der Waals surface area (Å²) in [6, 6.07) is 21.3. The summed E-state index contributed by atoms with van der Waals surface area (Å²) in [6.07, 6.45) is 1.53. The van der Waals surface area contributed by atoms with Crippen molar-refractivity contribution < 1.29 is 28.0 Å². The third kappa shape index (κ3) is 4.75. The number of nitrogens with two attached hydrogens (primary N) is 1. The molecule has 2 fully saturated rings. The van der Waals surface area contributed by atoms with Crippen molar-refractivity contribution in [3.05, 3.63) is 90.4 Å². The summed E-state index contributed by atoms with van der Waals surface area (Å²) in [5, 5.41) is 11.8. The molecule has 11 heteroatoms. The number of nitrogen functional groups attached to an aromatic ring is 1. The summed E-state index contributed by atoms with van der Waals surface area (Å²) in [5.74, 6) is 0.186. The molecular weight excluding hydrogens is 507 g/mol. The van der Waals surface area contributed by atoms with Crippen LogP contribution in [0.5, 0.6) is 0 Å². The summed E-state index contributed by atoms with van der Waals surface area (Å²) in [6.45, 7) is 1.76. The zero-order valence-electron chi connectivity index (χ0n) is 20.8. The van der Waals surface area contributed by atoms with Gasteiger partial charge in [-0.2, -0.15) is 0 Å². The van der Waals surface area contributed by atoms with Crippen molar-refractivity contribution in [2.75, 3.05) is 18.9 Å². The Hall–Kier alpha value is -3.11. The number of hydrogen-bond acceptors (Lipinski definition) is 9. The van der Waals surface area contributed by atoms with E-state index in [1.807, 2.05) is 60.7 Å². The number of benzene rings is 2. The zero-order chi connectivity index (χ0) is 26.3. The highest BCUT2D eigenvalue weighted by atomic mass is 31.2. The lowest BCUT2D eigenvalue weighted by Gasteiger charge is -2.36. The van der Waals surface area contributed by atoms with Crippen LogP contribution < -0.4 is 5.73 Å². The predicted molar refractivity (Wildman–Crippen MR) is 140 cm³/mol. The van der Waals surface area contributed by atoms with Crippen LogP contribution in [0.2, 0.25) is 0 Å². The number of phosphoric acid groups is 1. The van der Waals surface area contributed by atoms with Crippen LogP contribution in [0.15, 0.2) is 79.3 Å². The second kappa shape index (κ2) is 9.89. The van der Waals surface area contributed by atoms with Gasteiger partial charge in [0.05, 0.1) is 24.7 Å². The Kier molecular flexibility index (Phi) is 6.55. The van der Waals surface area contributed by atoms with Crippen molar-refractivity contribution in [1.82, 2.24) is 14.5 Å². The van der Waals surface area contributed by atoms with Gasteiger partial charge in [0, 0.05) is 18.5 Å². The molecule has 38 heavy (non-hydrogen) atoms. The predicted octanol–water partition coefficient (Wildman–Crippen LogP) is 4.75. The number of hydrogen-bond donors (Lipinski definition) is 2. The number of nitrogens with zero attached hydrogens (tertiary/aromatic N) is 3. The fourth-order valence-corrected chi connectivity index (χ4v) is 6.67. The number of aromatic nitrogens is 3. The lowest BCUT2D eigenvalue weighted by molar-refractivity contribution is -0.0870. The van der Waals surface area contributed by atoms with E-state index in [0.29, 0.717) is 16.9 Å². The largest absolute Gasteiger partial charge is 0.475 e. The maximum absolute atomic E-state index is 13.6. The van der Waals surface area contributed by atoms with Gasteiger partial charge in [0.1, 0.15) is 29.5 Å². The molecule has 198 valence electrons. The van der Waals surface area contributed by atoms with E-state index >= 15 is 0 Å². The fraction of sp³-hybridized carbons (Fsp3) is 0.333. The standard InChI is InChI=1S/C27H29N4O6P/c1-27(32)14-20(36-26(27)31-13-12-21-24(28)29-17-30-25(21)31)15-34-38(33)35-16-22(18-8-4-2-5-9-18)23(37-38)19-10-6-3-7-11-19/h2-13,17,20,22-23,26,32H,14-16H2,1H3,(H2,28,29,30)/t20-,22-,23+,26+,27+,38?/m0/s1. The number of phosphoric ester groups is 1. The first-order valence-corrected chi connectivity index (χ1v) is 13.9. The Balaban J connectivity index is 1.18. The monoisotopic (exact) mass is 536 g/mol. The van der Waals surface area contributed by atoms with Crippen LogP contribution in [0.4, 0.5) is 5.82 Å². The Morgan fingerprint density at radius 1 is 1.11 bits per heavy atom. The molecule has 6 atom stereocenters. The van der Waals surface area contributed by atoms with Gasteiger partial charge in [-0.05, 0) is 24.1 Å². The second-order valence-corrected chi connectivity index (χ2v) is 11.5. The van der Waals surface area contributed by atoms with E-state index in [-0.39, 0.29) is 25.6 Å². The summed E-state index contributed by atoms with van der Waals surface area (Å²) in [5.41, 5.74) is 7.17. The highest BCUT2D eigenvalue weighted by Gasteiger charge is 2.48. The highest BCUT2D eigenvalue weighted by molar-refractivity contribution is 7.48. The Morgan fingerprint density at radius 2 is 1.82 bits per heavy atom. The zero-order valence-corrected chi connectivity index (χ0v) is 21.7. The van der Waals surface area contributed by atoms with Gasteiger partial charge in [0.25, 0.3) is 0 Å². The van der Waals surface area contributed by atoms with E-state index in [9.17, 15) is 9.67 Å². The minimum atomic E-state index is -3.92. The molecule has 6 rings (SSSR count). The van der Waals surface area contributed by atoms with Gasteiger partial charge >= 0.3 is 7.82 Å². The van der Waals surface area contributed by atoms with Gasteiger partial charge in [-0.3, -0.25) is 13.6 Å². The van der Waals surface area contributed by atoms with Gasteiger partial charge in [-0.25, -0.2) is 14.5 Å². The summed E-state index contributed by atoms with van der Waals surface area (Å²) >= 11 is 0. The van der Waals surface area contributed by atoms with Crippen LogP contribution in [0, 0.1) is 0 Å². The van der Waals surface area contributed by atoms with Crippen molar-refractivity contribution in [2.45, 2.75) is 43.3 Å². The van der Waals surface area contributed by atoms with Crippen molar-refractivity contribution in [2.24, 2.45) is 0 Å². The van der Waals surface area contributed by atoms with Gasteiger partial charge in [0.15, 0.2) is 6.23 Å². The topological polar surface area (TPSA) is 131 Å². The van der Waals surface area contributed by atoms with E-state index in [4.69, 9.17) is 24.0 Å². The van der Waals surface area contributed by atoms with Crippen molar-refractivity contribution >= 4 is 24.7 Å². The van der Waals surface area contributed by atoms with Crippen LogP contribution in [0.1, 0.15) is 42.7 Å². The average molecular weight is 537 g/mol. The molecule has 3 N–H and O–H groups in total. The van der Waals surface area contributed by atoms with Crippen molar-refractivity contribution in [3.8, 4) is 0 Å². The fourth-order valence-electron chi connectivity index (χ4n) is 5.23. The Morgan fingerprint density at radius 3 is 2.55 bits per heavy atom. The number of rotatable bonds is 6. The molecule has 10 nitrogen and oxygen atoms in total. The molecule has 2 aromatic heterocycles. The molecule has 2 aliphatic heterocycles. The minimum absolute atomic E-state index is 0.0856. The molecule has 2 saturated heterocycles. The van der Waals surface area contributed by atoms with Gasteiger partial charge in [-0.15, -0.1) is 0 Å². The summed E-state index contributed by atoms with van der Waals surface area (Å²) in [7, 11) is -3.92. The molecule has 2 aromatic carbocycles. The van der Waals surface area contributed by atoms with Crippen molar-refractivity contribution in [3.63, 3.8) is 0 Å². The molecule has 2 aliphatic rings. The van der Waals surface area contributed by atoms with E-state index in [1.54, 1.807) is 23.8 Å². The normalized spacial score (nSPS) is 31.5. The molecule has 0 spiro atoms. The van der Waals surface area contributed by atoms with Gasteiger partial charge in [0.2, 0.25) is 0 Å². The second-order valence-electron chi connectivity index (χ2n) is 9.88. The lowest BCUT2D eigenvalue weighted by Crippen LogP contribution is -2.31. The molecular formula is C27H29N4O6P. The number of ether oxygens (including phenoxy) is 1. The third-order valence-electron chi connectivity index (χ3n) is 7.08. The van der Waals surface area contributed by atoms with Crippen LogP contribution in [0.25, 0.3) is 11.0 Å². The molecule has 4 aromatic rings. The van der Waals surface area contributed by atoms with E-state index in [0.717, 1.165) is 11.1 Å². The quantitative estimate of drug-likeness (QED) is 0.335. The van der Waals surface area contributed by atoms with Crippen LogP contribution in [0.3, 0.4) is 0 Å². The molecule has 0 bridgehead atoms. The maximum atomic E-state index is 13.6. The number of fused-ring (bicyclic) bond motifs is 1. The molecule has 4 heterocycles. The van der Waals surface area contributed by atoms with E-state index in [2.05, 4.69) is 9.97 Å². The van der Waals surface area contributed by atoms with Crippen LogP contribution >= 0.6 is 7.82 Å². The average Bonchev–Trinajstić information content (AvgIpc) is 3.49. The minimum Gasteiger partial charge on any atom is -0.385 e. The molecule has 0 saturated carbocycles.